The maximum Gasteiger partial charge on any atom is 0.407 e. The third-order valence-electron chi connectivity index (χ3n) is 3.64. The smallest absolute Gasteiger partial charge is 0.407 e. The lowest BCUT2D eigenvalue weighted by Gasteiger charge is -2.21. The summed E-state index contributed by atoms with van der Waals surface area (Å²) in [6.07, 6.45) is 0.872. The molecule has 1 aliphatic heterocycles. The first kappa shape index (κ1) is 21.4. The number of hydrogen-bond acceptors (Lipinski definition) is 6. The van der Waals surface area contributed by atoms with E-state index in [2.05, 4.69) is 5.32 Å². The van der Waals surface area contributed by atoms with Crippen molar-refractivity contribution in [1.29, 1.82) is 0 Å². The van der Waals surface area contributed by atoms with Crippen molar-refractivity contribution in [3.05, 3.63) is 13.8 Å². The van der Waals surface area contributed by atoms with Crippen molar-refractivity contribution in [2.24, 2.45) is 0 Å². The van der Waals surface area contributed by atoms with Gasteiger partial charge >= 0.3 is 6.09 Å². The third kappa shape index (κ3) is 5.81. The minimum absolute atomic E-state index is 0.0608. The van der Waals surface area contributed by atoms with Crippen LogP contribution in [0.4, 0.5) is 4.79 Å². The second-order valence-corrected chi connectivity index (χ2v) is 12.0. The zero-order valence-electron chi connectivity index (χ0n) is 15.0. The Hall–Kier alpha value is -0.880. The standard InChI is InChI=1S/C16H23IN2O5S2/c1-16(2,3)24-15(21)18-6-4-5-7-19-8-9-26(22,23)11-10-12(17)25-13(11)14(19)20/h10H,4-9H2,1-3H3,(H,18,21). The predicted octanol–water partition coefficient (Wildman–Crippen LogP) is 2.89. The normalized spacial score (nSPS) is 16.8. The molecule has 0 fully saturated rings. The molecule has 0 spiro atoms. The summed E-state index contributed by atoms with van der Waals surface area (Å²) in [5, 5.41) is 2.67. The molecule has 0 aromatic carbocycles. The zero-order chi connectivity index (χ0) is 19.5. The van der Waals surface area contributed by atoms with E-state index < -0.39 is 21.5 Å². The Labute approximate surface area is 171 Å². The number of amides is 2. The van der Waals surface area contributed by atoms with Crippen molar-refractivity contribution in [2.45, 2.75) is 44.1 Å². The quantitative estimate of drug-likeness (QED) is 0.482. The Bertz CT molecular complexity index is 783. The molecular formula is C16H23IN2O5S2. The SMILES string of the molecule is CC(C)(C)OC(=O)NCCCCN1CCS(=O)(=O)c2cc(I)sc2C1=O. The van der Waals surface area contributed by atoms with E-state index in [0.717, 1.165) is 2.88 Å². The monoisotopic (exact) mass is 514 g/mol. The summed E-state index contributed by atoms with van der Waals surface area (Å²) in [6, 6.07) is 1.57. The average Bonchev–Trinajstić information content (AvgIpc) is 2.87. The Balaban J connectivity index is 1.86. The van der Waals surface area contributed by atoms with E-state index in [1.165, 1.54) is 11.3 Å². The van der Waals surface area contributed by atoms with Gasteiger partial charge in [0.2, 0.25) is 0 Å². The number of sulfone groups is 1. The molecule has 0 bridgehead atoms. The maximum atomic E-state index is 12.6. The number of fused-ring (bicyclic) bond motifs is 1. The number of alkyl carbamates (subject to hydrolysis) is 1. The molecule has 2 rings (SSSR count). The van der Waals surface area contributed by atoms with Crippen molar-refractivity contribution in [3.63, 3.8) is 0 Å². The van der Waals surface area contributed by atoms with Crippen molar-refractivity contribution >= 4 is 55.8 Å². The lowest BCUT2D eigenvalue weighted by molar-refractivity contribution is 0.0525. The molecule has 2 amide bonds. The lowest BCUT2D eigenvalue weighted by Crippen LogP contribution is -2.35. The van der Waals surface area contributed by atoms with Gasteiger partial charge in [0.05, 0.1) is 13.5 Å². The highest BCUT2D eigenvalue weighted by atomic mass is 127. The van der Waals surface area contributed by atoms with Gasteiger partial charge in [-0.15, -0.1) is 11.3 Å². The van der Waals surface area contributed by atoms with Crippen molar-refractivity contribution in [3.8, 4) is 0 Å². The van der Waals surface area contributed by atoms with Gasteiger partial charge in [-0.2, -0.15) is 0 Å². The molecule has 26 heavy (non-hydrogen) atoms. The molecule has 0 radical (unpaired) electrons. The van der Waals surface area contributed by atoms with Gasteiger partial charge < -0.3 is 15.0 Å². The number of halogens is 1. The first-order chi connectivity index (χ1) is 12.0. The number of thiophene rings is 1. The van der Waals surface area contributed by atoms with E-state index in [0.29, 0.717) is 30.8 Å². The number of rotatable bonds is 5. The van der Waals surface area contributed by atoms with Crippen LogP contribution in [0, 0.1) is 2.88 Å². The number of carbonyl (C=O) groups excluding carboxylic acids is 2. The van der Waals surface area contributed by atoms with Crippen LogP contribution in [-0.2, 0) is 14.6 Å². The Morgan fingerprint density at radius 2 is 2.08 bits per heavy atom. The number of nitrogens with one attached hydrogen (secondary N) is 1. The van der Waals surface area contributed by atoms with E-state index in [-0.39, 0.29) is 23.1 Å². The zero-order valence-corrected chi connectivity index (χ0v) is 18.8. The molecule has 1 N–H and O–H groups in total. The Morgan fingerprint density at radius 1 is 1.38 bits per heavy atom. The fraction of sp³-hybridized carbons (Fsp3) is 0.625. The van der Waals surface area contributed by atoms with Gasteiger partial charge in [0, 0.05) is 19.6 Å². The van der Waals surface area contributed by atoms with Crippen LogP contribution in [0.1, 0.15) is 43.3 Å². The molecule has 0 atom stereocenters. The van der Waals surface area contributed by atoms with Gasteiger partial charge in [0.25, 0.3) is 5.91 Å². The molecule has 0 unspecified atom stereocenters. The summed E-state index contributed by atoms with van der Waals surface area (Å²) >= 11 is 3.25. The molecule has 146 valence electrons. The Morgan fingerprint density at radius 3 is 2.73 bits per heavy atom. The van der Waals surface area contributed by atoms with Gasteiger partial charge in [0.15, 0.2) is 9.84 Å². The predicted molar refractivity (Wildman–Crippen MR) is 108 cm³/mol. The van der Waals surface area contributed by atoms with Crippen LogP contribution in [0.5, 0.6) is 0 Å². The number of hydrogen-bond donors (Lipinski definition) is 1. The number of unbranched alkanes of at least 4 members (excludes halogenated alkanes) is 1. The van der Waals surface area contributed by atoms with Crippen LogP contribution in [0.2, 0.25) is 0 Å². The van der Waals surface area contributed by atoms with Gasteiger partial charge in [-0.1, -0.05) is 0 Å². The number of nitrogens with zero attached hydrogens (tertiary/aromatic N) is 1. The number of carbonyl (C=O) groups is 2. The number of ether oxygens (including phenoxy) is 1. The van der Waals surface area contributed by atoms with Crippen LogP contribution in [0.15, 0.2) is 11.0 Å². The lowest BCUT2D eigenvalue weighted by atomic mass is 10.2. The second-order valence-electron chi connectivity index (χ2n) is 6.99. The summed E-state index contributed by atoms with van der Waals surface area (Å²) in [6.45, 7) is 6.48. The Kier molecular flexibility index (Phi) is 6.94. The van der Waals surface area contributed by atoms with Crippen LogP contribution < -0.4 is 5.32 Å². The van der Waals surface area contributed by atoms with Gasteiger partial charge in [0.1, 0.15) is 10.5 Å². The molecule has 7 nitrogen and oxygen atoms in total. The van der Waals surface area contributed by atoms with E-state index >= 15 is 0 Å². The maximum absolute atomic E-state index is 12.6. The van der Waals surface area contributed by atoms with Crippen LogP contribution in [0.25, 0.3) is 0 Å². The molecular weight excluding hydrogens is 491 g/mol. The second kappa shape index (κ2) is 8.42. The first-order valence-corrected chi connectivity index (χ1v) is 11.8. The largest absolute Gasteiger partial charge is 0.444 e. The minimum Gasteiger partial charge on any atom is -0.444 e. The van der Waals surface area contributed by atoms with Crippen LogP contribution in [-0.4, -0.2) is 56.3 Å². The van der Waals surface area contributed by atoms with Gasteiger partial charge in [-0.25, -0.2) is 13.2 Å². The first-order valence-electron chi connectivity index (χ1n) is 8.28. The topological polar surface area (TPSA) is 92.8 Å². The molecule has 1 aromatic rings. The fourth-order valence-electron chi connectivity index (χ4n) is 2.46. The third-order valence-corrected chi connectivity index (χ3v) is 7.36. The van der Waals surface area contributed by atoms with E-state index in [1.54, 1.807) is 31.7 Å². The fourth-order valence-corrected chi connectivity index (χ4v) is 6.32. The molecule has 0 saturated heterocycles. The molecule has 0 aliphatic carbocycles. The molecule has 2 heterocycles. The van der Waals surface area contributed by atoms with Gasteiger partial charge in [-0.05, 0) is 62.3 Å². The molecule has 0 saturated carbocycles. The van der Waals surface area contributed by atoms with Gasteiger partial charge in [-0.3, -0.25) is 4.79 Å². The van der Waals surface area contributed by atoms with Crippen molar-refractivity contribution in [2.75, 3.05) is 25.4 Å². The summed E-state index contributed by atoms with van der Waals surface area (Å²) < 4.78 is 30.6. The summed E-state index contributed by atoms with van der Waals surface area (Å²) in [5.74, 6) is -0.288. The highest BCUT2D eigenvalue weighted by Crippen LogP contribution is 2.31. The van der Waals surface area contributed by atoms with Crippen LogP contribution in [0.3, 0.4) is 0 Å². The van der Waals surface area contributed by atoms with E-state index in [4.69, 9.17) is 4.74 Å². The van der Waals surface area contributed by atoms with E-state index in [9.17, 15) is 18.0 Å². The highest BCUT2D eigenvalue weighted by Gasteiger charge is 2.32. The summed E-state index contributed by atoms with van der Waals surface area (Å²) in [7, 11) is -3.42. The van der Waals surface area contributed by atoms with Crippen molar-refractivity contribution in [1.82, 2.24) is 10.2 Å². The average molecular weight is 514 g/mol. The highest BCUT2D eigenvalue weighted by molar-refractivity contribution is 14.1. The summed E-state index contributed by atoms with van der Waals surface area (Å²) in [5.41, 5.74) is -0.538. The molecule has 10 heteroatoms. The molecule has 1 aromatic heterocycles. The van der Waals surface area contributed by atoms with Crippen molar-refractivity contribution < 1.29 is 22.7 Å². The van der Waals surface area contributed by atoms with E-state index in [1.807, 2.05) is 22.6 Å². The molecule has 1 aliphatic rings. The summed E-state index contributed by atoms with van der Waals surface area (Å²) in [4.78, 5) is 26.3. The van der Waals surface area contributed by atoms with Crippen LogP contribution >= 0.6 is 33.9 Å². The minimum atomic E-state index is -3.42.